The predicted molar refractivity (Wildman–Crippen MR) is 46.1 cm³/mol. The minimum absolute atomic E-state index is 0.404. The van der Waals surface area contributed by atoms with E-state index in [-0.39, 0.29) is 0 Å². The molecule has 0 atom stereocenters. The molecule has 0 unspecified atom stereocenters. The first-order valence-corrected chi connectivity index (χ1v) is 4.21. The molecule has 0 aliphatic heterocycles. The molecule has 0 bridgehead atoms. The highest BCUT2D eigenvalue weighted by molar-refractivity contribution is 7.17. The Hall–Kier alpha value is -1.16. The van der Waals surface area contributed by atoms with Crippen LogP contribution in [0.3, 0.4) is 0 Å². The van der Waals surface area contributed by atoms with Crippen molar-refractivity contribution in [2.45, 2.75) is 0 Å². The van der Waals surface area contributed by atoms with Crippen molar-refractivity contribution in [3.8, 4) is 5.75 Å². The first kappa shape index (κ1) is 7.49. The Morgan fingerprint density at radius 3 is 3.08 bits per heavy atom. The Bertz CT molecular complexity index is 412. The third kappa shape index (κ3) is 1.14. The van der Waals surface area contributed by atoms with Gasteiger partial charge in [-0.05, 0) is 18.2 Å². The van der Waals surface area contributed by atoms with Gasteiger partial charge in [0.1, 0.15) is 5.75 Å². The third-order valence-corrected chi connectivity index (χ3v) is 2.38. The summed E-state index contributed by atoms with van der Waals surface area (Å²) in [6.45, 7) is 0. The van der Waals surface area contributed by atoms with Crippen LogP contribution in [0.1, 0.15) is 0 Å². The normalized spacial score (nSPS) is 10.5. The summed E-state index contributed by atoms with van der Waals surface area (Å²) in [4.78, 5) is 3.68. The van der Waals surface area contributed by atoms with Gasteiger partial charge < -0.3 is 4.74 Å². The van der Waals surface area contributed by atoms with Crippen LogP contribution < -0.4 is 4.74 Å². The van der Waals surface area contributed by atoms with E-state index in [9.17, 15) is 4.39 Å². The van der Waals surface area contributed by atoms with Crippen LogP contribution in [0, 0.1) is 5.26 Å². The summed E-state index contributed by atoms with van der Waals surface area (Å²) in [7, 11) is 1.58. The zero-order valence-corrected chi connectivity index (χ0v) is 7.19. The van der Waals surface area contributed by atoms with Crippen molar-refractivity contribution in [2.75, 3.05) is 7.11 Å². The molecule has 2 aromatic rings. The smallest absolute Gasteiger partial charge is 0.270 e. The average Bonchev–Trinajstić information content (AvgIpc) is 2.43. The van der Waals surface area contributed by atoms with E-state index in [2.05, 4.69) is 4.98 Å². The SMILES string of the molecule is COc1ccc2nc(F)sc2c1. The van der Waals surface area contributed by atoms with E-state index in [4.69, 9.17) is 4.74 Å². The number of rotatable bonds is 1. The van der Waals surface area contributed by atoms with Crippen LogP contribution in [0.2, 0.25) is 0 Å². The largest absolute Gasteiger partial charge is 0.497 e. The molecule has 0 saturated heterocycles. The highest BCUT2D eigenvalue weighted by Gasteiger charge is 2.02. The second kappa shape index (κ2) is 2.71. The van der Waals surface area contributed by atoms with Gasteiger partial charge in [0.2, 0.25) is 0 Å². The summed E-state index contributed by atoms with van der Waals surface area (Å²) in [6, 6.07) is 5.28. The van der Waals surface area contributed by atoms with E-state index in [0.717, 1.165) is 21.8 Å². The molecule has 2 rings (SSSR count). The Balaban J connectivity index is 2.66. The van der Waals surface area contributed by atoms with Gasteiger partial charge in [-0.25, -0.2) is 4.98 Å². The fourth-order valence-electron chi connectivity index (χ4n) is 1.00. The summed E-state index contributed by atoms with van der Waals surface area (Å²) >= 11 is 1.02. The number of halogens is 1. The van der Waals surface area contributed by atoms with Gasteiger partial charge in [-0.15, -0.1) is 0 Å². The number of benzene rings is 1. The molecule has 2 nitrogen and oxygen atoms in total. The standard InChI is InChI=1S/C8H6FNOS/c1-11-5-2-3-6-7(4-5)12-8(9)10-6/h2-4H,1H3. The molecule has 12 heavy (non-hydrogen) atoms. The second-order valence-corrected chi connectivity index (χ2v) is 3.28. The van der Waals surface area contributed by atoms with Crippen LogP contribution in [0.4, 0.5) is 4.39 Å². The molecule has 0 aliphatic carbocycles. The molecule has 1 heterocycles. The van der Waals surface area contributed by atoms with Crippen LogP contribution >= 0.6 is 11.3 Å². The lowest BCUT2D eigenvalue weighted by atomic mass is 10.3. The maximum absolute atomic E-state index is 12.6. The first-order chi connectivity index (χ1) is 5.79. The van der Waals surface area contributed by atoms with Crippen molar-refractivity contribution >= 4 is 21.6 Å². The van der Waals surface area contributed by atoms with E-state index < -0.39 is 5.26 Å². The highest BCUT2D eigenvalue weighted by Crippen LogP contribution is 2.24. The maximum atomic E-state index is 12.6. The summed E-state index contributed by atoms with van der Waals surface area (Å²) in [6.07, 6.45) is 0. The fourth-order valence-corrected chi connectivity index (χ4v) is 1.72. The molecule has 0 saturated carbocycles. The predicted octanol–water partition coefficient (Wildman–Crippen LogP) is 2.44. The van der Waals surface area contributed by atoms with Crippen LogP contribution in [0.5, 0.6) is 5.75 Å². The number of aromatic nitrogens is 1. The Morgan fingerprint density at radius 2 is 2.33 bits per heavy atom. The average molecular weight is 183 g/mol. The lowest BCUT2D eigenvalue weighted by molar-refractivity contribution is 0.415. The molecule has 1 aromatic heterocycles. The topological polar surface area (TPSA) is 22.1 Å². The Morgan fingerprint density at radius 1 is 1.50 bits per heavy atom. The summed E-state index contributed by atoms with van der Waals surface area (Å²) in [5, 5.41) is -0.404. The lowest BCUT2D eigenvalue weighted by Gasteiger charge is -1.96. The van der Waals surface area contributed by atoms with Crippen molar-refractivity contribution in [3.05, 3.63) is 23.5 Å². The van der Waals surface area contributed by atoms with Gasteiger partial charge in [-0.1, -0.05) is 11.3 Å². The second-order valence-electron chi connectivity index (χ2n) is 2.30. The molecule has 62 valence electrons. The fraction of sp³-hybridized carbons (Fsp3) is 0.125. The highest BCUT2D eigenvalue weighted by atomic mass is 32.1. The summed E-state index contributed by atoms with van der Waals surface area (Å²) in [5.74, 6) is 0.728. The molecule has 0 fully saturated rings. The third-order valence-electron chi connectivity index (χ3n) is 1.57. The van der Waals surface area contributed by atoms with Crippen molar-refractivity contribution in [3.63, 3.8) is 0 Å². The number of thiazole rings is 1. The summed E-state index contributed by atoms with van der Waals surface area (Å²) < 4.78 is 18.4. The molecular formula is C8H6FNOS. The van der Waals surface area contributed by atoms with Crippen LogP contribution in [0.15, 0.2) is 18.2 Å². The molecule has 0 amide bonds. The van der Waals surface area contributed by atoms with Gasteiger partial charge in [0.25, 0.3) is 5.26 Å². The van der Waals surface area contributed by atoms with E-state index in [0.29, 0.717) is 5.52 Å². The van der Waals surface area contributed by atoms with Crippen LogP contribution in [-0.2, 0) is 0 Å². The van der Waals surface area contributed by atoms with Crippen LogP contribution in [0.25, 0.3) is 10.2 Å². The summed E-state index contributed by atoms with van der Waals surface area (Å²) in [5.41, 5.74) is 0.679. The molecule has 4 heteroatoms. The number of hydrogen-bond acceptors (Lipinski definition) is 3. The molecule has 0 aliphatic rings. The Kier molecular flexibility index (Phi) is 1.69. The van der Waals surface area contributed by atoms with Gasteiger partial charge >= 0.3 is 0 Å². The molecule has 0 spiro atoms. The first-order valence-electron chi connectivity index (χ1n) is 3.39. The van der Waals surface area contributed by atoms with Gasteiger partial charge in [-0.2, -0.15) is 4.39 Å². The van der Waals surface area contributed by atoms with Gasteiger partial charge in [0.05, 0.1) is 17.3 Å². The van der Waals surface area contributed by atoms with E-state index in [1.165, 1.54) is 0 Å². The lowest BCUT2D eigenvalue weighted by Crippen LogP contribution is -1.80. The van der Waals surface area contributed by atoms with Crippen molar-refractivity contribution < 1.29 is 9.13 Å². The van der Waals surface area contributed by atoms with Gasteiger partial charge in [0, 0.05) is 0 Å². The van der Waals surface area contributed by atoms with Crippen molar-refractivity contribution in [1.29, 1.82) is 0 Å². The molecule has 1 aromatic carbocycles. The van der Waals surface area contributed by atoms with Gasteiger partial charge in [0.15, 0.2) is 0 Å². The Labute approximate surface area is 72.6 Å². The number of methoxy groups -OCH3 is 1. The minimum Gasteiger partial charge on any atom is -0.497 e. The number of nitrogens with zero attached hydrogens (tertiary/aromatic N) is 1. The zero-order valence-electron chi connectivity index (χ0n) is 6.37. The monoisotopic (exact) mass is 183 g/mol. The van der Waals surface area contributed by atoms with Gasteiger partial charge in [-0.3, -0.25) is 0 Å². The molecular weight excluding hydrogens is 177 g/mol. The maximum Gasteiger partial charge on any atom is 0.270 e. The number of ether oxygens (including phenoxy) is 1. The van der Waals surface area contributed by atoms with Crippen molar-refractivity contribution in [2.24, 2.45) is 0 Å². The quantitative estimate of drug-likeness (QED) is 0.677. The number of fused-ring (bicyclic) bond motifs is 1. The molecule has 0 N–H and O–H groups in total. The molecule has 0 radical (unpaired) electrons. The zero-order chi connectivity index (χ0) is 8.55. The minimum atomic E-state index is -0.404. The van der Waals surface area contributed by atoms with E-state index >= 15 is 0 Å². The van der Waals surface area contributed by atoms with Crippen LogP contribution in [-0.4, -0.2) is 12.1 Å². The van der Waals surface area contributed by atoms with E-state index in [1.807, 2.05) is 0 Å². The van der Waals surface area contributed by atoms with Crippen molar-refractivity contribution in [1.82, 2.24) is 4.98 Å². The van der Waals surface area contributed by atoms with E-state index in [1.54, 1.807) is 25.3 Å². The number of hydrogen-bond donors (Lipinski definition) is 0.